The summed E-state index contributed by atoms with van der Waals surface area (Å²) in [6.07, 6.45) is 13.5. The molecule has 2 atom stereocenters. The van der Waals surface area contributed by atoms with Gasteiger partial charge in [-0.2, -0.15) is 0 Å². The van der Waals surface area contributed by atoms with Gasteiger partial charge in [-0.3, -0.25) is 18.6 Å². The minimum absolute atomic E-state index is 0.0295. The summed E-state index contributed by atoms with van der Waals surface area (Å²) in [7, 11) is 1.46. The summed E-state index contributed by atoms with van der Waals surface area (Å²) in [4.78, 5) is 34.5. The van der Waals surface area contributed by atoms with E-state index in [1.807, 2.05) is 27.2 Å². The van der Waals surface area contributed by atoms with E-state index >= 15 is 0 Å². The Bertz CT molecular complexity index is 665. The zero-order chi connectivity index (χ0) is 28.0. The normalized spacial score (nSPS) is 14.1. The number of carbonyl (C=O) groups is 2. The highest BCUT2D eigenvalue weighted by atomic mass is 31.2. The quantitative estimate of drug-likeness (QED) is 0.0489. The lowest BCUT2D eigenvalue weighted by Gasteiger charge is -2.24. The van der Waals surface area contributed by atoms with E-state index in [4.69, 9.17) is 18.5 Å². The predicted octanol–water partition coefficient (Wildman–Crippen LogP) is 5.95. The Balaban J connectivity index is 4.60. The van der Waals surface area contributed by atoms with E-state index in [1.54, 1.807) is 0 Å². The number of rotatable bonds is 25. The lowest BCUT2D eigenvalue weighted by atomic mass is 10.1. The van der Waals surface area contributed by atoms with Crippen LogP contribution in [0.25, 0.3) is 0 Å². The van der Waals surface area contributed by atoms with Crippen LogP contribution in [0.15, 0.2) is 12.7 Å². The van der Waals surface area contributed by atoms with Crippen LogP contribution in [0.1, 0.15) is 96.8 Å². The highest BCUT2D eigenvalue weighted by Crippen LogP contribution is 2.43. The van der Waals surface area contributed by atoms with E-state index in [-0.39, 0.29) is 32.0 Å². The number of hydrogen-bond acceptors (Lipinski definition) is 7. The van der Waals surface area contributed by atoms with E-state index in [9.17, 15) is 19.0 Å². The number of ether oxygens (including phenoxy) is 2. The van der Waals surface area contributed by atoms with Crippen molar-refractivity contribution < 1.29 is 42.1 Å². The average molecular weight is 551 g/mol. The number of phosphoric ester groups is 1. The molecule has 0 aromatic rings. The van der Waals surface area contributed by atoms with Crippen molar-refractivity contribution in [3.05, 3.63) is 12.7 Å². The van der Waals surface area contributed by atoms with Crippen LogP contribution in [0.5, 0.6) is 0 Å². The van der Waals surface area contributed by atoms with Gasteiger partial charge in [0.05, 0.1) is 27.7 Å². The monoisotopic (exact) mass is 550 g/mol. The highest BCUT2D eigenvalue weighted by Gasteiger charge is 2.27. The first-order chi connectivity index (χ1) is 17.5. The smallest absolute Gasteiger partial charge is 0.462 e. The molecule has 0 aliphatic rings. The molecule has 0 radical (unpaired) electrons. The van der Waals surface area contributed by atoms with E-state index in [0.29, 0.717) is 17.4 Å². The fourth-order valence-corrected chi connectivity index (χ4v) is 4.14. The Hall–Kier alpha value is -1.25. The van der Waals surface area contributed by atoms with Gasteiger partial charge >= 0.3 is 19.8 Å². The maximum absolute atomic E-state index is 12.3. The van der Waals surface area contributed by atoms with Gasteiger partial charge in [-0.15, -0.1) is 6.58 Å². The van der Waals surface area contributed by atoms with Gasteiger partial charge in [0, 0.05) is 12.8 Å². The number of likely N-dealkylation sites (N-methyl/N-ethyl adjacent to an activating group) is 1. The zero-order valence-electron chi connectivity index (χ0n) is 23.8. The molecule has 0 saturated heterocycles. The van der Waals surface area contributed by atoms with Crippen LogP contribution < -0.4 is 0 Å². The Morgan fingerprint density at radius 3 is 2.03 bits per heavy atom. The summed E-state index contributed by atoms with van der Waals surface area (Å²) in [5.41, 5.74) is 0. The molecule has 0 bridgehead atoms. The number of quaternary nitrogens is 1. The molecule has 9 nitrogen and oxygen atoms in total. The van der Waals surface area contributed by atoms with Crippen molar-refractivity contribution in [2.24, 2.45) is 0 Å². The minimum Gasteiger partial charge on any atom is -0.462 e. The second-order valence-electron chi connectivity index (χ2n) is 10.5. The fraction of sp³-hybridized carbons (Fsp3) is 0.852. The maximum Gasteiger partial charge on any atom is 0.472 e. The standard InChI is InChI=1S/C27H52NO8P/c1-6-8-10-12-14-16-18-20-27(30)36-25(23-33-26(29)19-17-15-13-11-9-7-2)24-35-37(31,32)34-22-21-28(3,4)5/h6,25H,1,7-24H2,2-5H3/p+1/t25-/m0/s1. The third-order valence-electron chi connectivity index (χ3n) is 5.69. The molecule has 0 rings (SSSR count). The van der Waals surface area contributed by atoms with Crippen LogP contribution in [0.4, 0.5) is 0 Å². The van der Waals surface area contributed by atoms with Gasteiger partial charge in [-0.25, -0.2) is 4.57 Å². The van der Waals surface area contributed by atoms with Gasteiger partial charge < -0.3 is 18.9 Å². The van der Waals surface area contributed by atoms with Gasteiger partial charge in [0.15, 0.2) is 6.10 Å². The number of esters is 2. The third kappa shape index (κ3) is 24.8. The summed E-state index contributed by atoms with van der Waals surface area (Å²) >= 11 is 0. The van der Waals surface area contributed by atoms with Crippen molar-refractivity contribution >= 4 is 19.8 Å². The number of hydrogen-bond donors (Lipinski definition) is 1. The van der Waals surface area contributed by atoms with Crippen molar-refractivity contribution in [2.75, 3.05) is 47.5 Å². The number of allylic oxidation sites excluding steroid dienone is 1. The molecule has 218 valence electrons. The molecule has 0 aromatic heterocycles. The Kier molecular flexibility index (Phi) is 20.9. The Morgan fingerprint density at radius 1 is 0.865 bits per heavy atom. The van der Waals surface area contributed by atoms with E-state index < -0.39 is 26.5 Å². The Morgan fingerprint density at radius 2 is 1.43 bits per heavy atom. The lowest BCUT2D eigenvalue weighted by molar-refractivity contribution is -0.870. The van der Waals surface area contributed by atoms with Gasteiger partial charge in [0.1, 0.15) is 19.8 Å². The van der Waals surface area contributed by atoms with Crippen molar-refractivity contribution in [3.8, 4) is 0 Å². The summed E-state index contributed by atoms with van der Waals surface area (Å²) < 4.78 is 33.6. The van der Waals surface area contributed by atoms with Crippen molar-refractivity contribution in [1.29, 1.82) is 0 Å². The number of unbranched alkanes of at least 4 members (excludes halogenated alkanes) is 10. The molecule has 0 aromatic carbocycles. The van der Waals surface area contributed by atoms with Crippen LogP contribution in [0.3, 0.4) is 0 Å². The van der Waals surface area contributed by atoms with Crippen LogP contribution in [-0.2, 0) is 32.7 Å². The predicted molar refractivity (Wildman–Crippen MR) is 146 cm³/mol. The molecule has 1 unspecified atom stereocenters. The average Bonchev–Trinajstić information content (AvgIpc) is 2.81. The topological polar surface area (TPSA) is 108 Å². The molecule has 10 heteroatoms. The molecule has 0 amide bonds. The molecule has 0 aliphatic carbocycles. The molecule has 0 fully saturated rings. The molecule has 0 spiro atoms. The van der Waals surface area contributed by atoms with Crippen LogP contribution in [0, 0.1) is 0 Å². The van der Waals surface area contributed by atoms with Gasteiger partial charge in [0.2, 0.25) is 0 Å². The summed E-state index contributed by atoms with van der Waals surface area (Å²) in [5, 5.41) is 0. The van der Waals surface area contributed by atoms with Crippen LogP contribution in [-0.4, -0.2) is 74.9 Å². The van der Waals surface area contributed by atoms with Gasteiger partial charge in [-0.1, -0.05) is 64.4 Å². The Labute approximate surface area is 225 Å². The van der Waals surface area contributed by atoms with Crippen molar-refractivity contribution in [1.82, 2.24) is 0 Å². The van der Waals surface area contributed by atoms with Gasteiger partial charge in [0.25, 0.3) is 0 Å². The van der Waals surface area contributed by atoms with Crippen LogP contribution >= 0.6 is 7.82 Å². The number of phosphoric acid groups is 1. The lowest BCUT2D eigenvalue weighted by Crippen LogP contribution is -2.37. The molecular weight excluding hydrogens is 497 g/mol. The SMILES string of the molecule is C=CCCCCCCCC(=O)O[C@@H](COC(=O)CCCCCCCC)COP(=O)(O)OCC[N+](C)(C)C. The second kappa shape index (κ2) is 21.7. The minimum atomic E-state index is -4.34. The molecule has 37 heavy (non-hydrogen) atoms. The molecular formula is C27H53NO8P+. The first-order valence-corrected chi connectivity index (χ1v) is 15.4. The molecule has 0 aliphatic heterocycles. The number of carbonyl (C=O) groups excluding carboxylic acids is 2. The molecule has 0 saturated carbocycles. The van der Waals surface area contributed by atoms with Gasteiger partial charge in [-0.05, 0) is 25.7 Å². The van der Waals surface area contributed by atoms with Crippen molar-refractivity contribution in [3.63, 3.8) is 0 Å². The first-order valence-electron chi connectivity index (χ1n) is 13.9. The molecule has 1 N–H and O–H groups in total. The fourth-order valence-electron chi connectivity index (χ4n) is 3.40. The largest absolute Gasteiger partial charge is 0.472 e. The number of nitrogens with zero attached hydrogens (tertiary/aromatic N) is 1. The van der Waals surface area contributed by atoms with Crippen LogP contribution in [0.2, 0.25) is 0 Å². The second-order valence-corrected chi connectivity index (χ2v) is 12.0. The van der Waals surface area contributed by atoms with E-state index in [1.165, 1.54) is 12.8 Å². The zero-order valence-corrected chi connectivity index (χ0v) is 24.7. The summed E-state index contributed by atoms with van der Waals surface area (Å²) in [6, 6.07) is 0. The summed E-state index contributed by atoms with van der Waals surface area (Å²) in [5.74, 6) is -0.840. The molecule has 0 heterocycles. The van der Waals surface area contributed by atoms with E-state index in [2.05, 4.69) is 13.5 Å². The van der Waals surface area contributed by atoms with Crippen molar-refractivity contribution in [2.45, 2.75) is 103 Å². The summed E-state index contributed by atoms with van der Waals surface area (Å²) in [6.45, 7) is 5.76. The highest BCUT2D eigenvalue weighted by molar-refractivity contribution is 7.47. The van der Waals surface area contributed by atoms with E-state index in [0.717, 1.165) is 57.8 Å². The maximum atomic E-state index is 12.3. The third-order valence-corrected chi connectivity index (χ3v) is 6.68. The first kappa shape index (κ1) is 35.8.